The standard InChI is InChI=1S/C14H12ClN3O2S/c1-16-14-17-13-10(9-5-2-3-7-11(9)15)6-4-8-12(13)21(19,20)18-14/h2-8H,1H3,(H2,16,17,18). The first-order valence-corrected chi connectivity index (χ1v) is 8.02. The summed E-state index contributed by atoms with van der Waals surface area (Å²) in [6.07, 6.45) is 0. The van der Waals surface area contributed by atoms with E-state index in [4.69, 9.17) is 11.6 Å². The summed E-state index contributed by atoms with van der Waals surface area (Å²) in [5.74, 6) is 0.182. The predicted octanol–water partition coefficient (Wildman–Crippen LogP) is 2.70. The highest BCUT2D eigenvalue weighted by molar-refractivity contribution is 7.90. The number of anilines is 1. The topological polar surface area (TPSA) is 70.6 Å². The number of nitrogens with one attached hydrogen (secondary N) is 2. The molecule has 21 heavy (non-hydrogen) atoms. The molecule has 0 spiro atoms. The maximum absolute atomic E-state index is 12.2. The fourth-order valence-electron chi connectivity index (χ4n) is 2.20. The van der Waals surface area contributed by atoms with Gasteiger partial charge in [-0.25, -0.2) is 0 Å². The van der Waals surface area contributed by atoms with Crippen molar-refractivity contribution in [2.24, 2.45) is 4.40 Å². The number of para-hydroxylation sites is 1. The molecule has 2 aromatic carbocycles. The first kappa shape index (κ1) is 13.9. The average Bonchev–Trinajstić information content (AvgIpc) is 2.47. The number of hydrogen-bond acceptors (Lipinski definition) is 4. The molecule has 3 rings (SSSR count). The van der Waals surface area contributed by atoms with Crippen LogP contribution in [0.4, 0.5) is 5.69 Å². The summed E-state index contributed by atoms with van der Waals surface area (Å²) in [5, 5.41) is 6.27. The lowest BCUT2D eigenvalue weighted by Crippen LogP contribution is -2.32. The molecule has 2 N–H and O–H groups in total. The van der Waals surface area contributed by atoms with Crippen LogP contribution in [0, 0.1) is 0 Å². The van der Waals surface area contributed by atoms with Crippen molar-refractivity contribution in [3.8, 4) is 11.1 Å². The molecule has 0 aliphatic carbocycles. The molecule has 2 aromatic rings. The van der Waals surface area contributed by atoms with E-state index in [2.05, 4.69) is 15.0 Å². The largest absolute Gasteiger partial charge is 0.358 e. The van der Waals surface area contributed by atoms with Gasteiger partial charge in [0.15, 0.2) is 0 Å². The summed E-state index contributed by atoms with van der Waals surface area (Å²) >= 11 is 6.22. The molecule has 0 saturated carbocycles. The molecule has 0 amide bonds. The Bertz CT molecular complexity index is 847. The molecule has 0 saturated heterocycles. The molecule has 7 heteroatoms. The van der Waals surface area contributed by atoms with Gasteiger partial charge >= 0.3 is 0 Å². The van der Waals surface area contributed by atoms with E-state index in [1.54, 1.807) is 19.2 Å². The molecule has 5 nitrogen and oxygen atoms in total. The molecule has 0 radical (unpaired) electrons. The van der Waals surface area contributed by atoms with Crippen molar-refractivity contribution in [1.29, 1.82) is 0 Å². The monoisotopic (exact) mass is 321 g/mol. The third-order valence-corrected chi connectivity index (χ3v) is 4.81. The van der Waals surface area contributed by atoms with Gasteiger partial charge in [-0.15, -0.1) is 4.40 Å². The second-order valence-corrected chi connectivity index (χ2v) is 6.43. The van der Waals surface area contributed by atoms with Crippen LogP contribution in [0.5, 0.6) is 0 Å². The zero-order valence-electron chi connectivity index (χ0n) is 11.1. The summed E-state index contributed by atoms with van der Waals surface area (Å²) in [5.41, 5.74) is 1.95. The van der Waals surface area contributed by atoms with Gasteiger partial charge in [-0.05, 0) is 12.1 Å². The zero-order chi connectivity index (χ0) is 15.0. The summed E-state index contributed by atoms with van der Waals surface area (Å²) < 4.78 is 28.1. The summed E-state index contributed by atoms with van der Waals surface area (Å²) in [6, 6.07) is 12.3. The van der Waals surface area contributed by atoms with Gasteiger partial charge in [0, 0.05) is 23.2 Å². The fourth-order valence-corrected chi connectivity index (χ4v) is 3.58. The number of rotatable bonds is 1. The molecule has 0 atom stereocenters. The molecule has 1 heterocycles. The maximum atomic E-state index is 12.2. The van der Waals surface area contributed by atoms with Crippen molar-refractivity contribution >= 4 is 33.3 Å². The van der Waals surface area contributed by atoms with Crippen LogP contribution >= 0.6 is 11.6 Å². The third kappa shape index (κ3) is 2.36. The van der Waals surface area contributed by atoms with Crippen LogP contribution in [-0.2, 0) is 10.0 Å². The summed E-state index contributed by atoms with van der Waals surface area (Å²) in [6.45, 7) is 0. The molecule has 0 fully saturated rings. The smallest absolute Gasteiger partial charge is 0.287 e. The number of guanidine groups is 1. The van der Waals surface area contributed by atoms with Gasteiger partial charge in [0.05, 0.1) is 5.69 Å². The highest BCUT2D eigenvalue weighted by atomic mass is 35.5. The van der Waals surface area contributed by atoms with Crippen molar-refractivity contribution in [2.45, 2.75) is 4.90 Å². The Labute approximate surface area is 127 Å². The molecular formula is C14H12ClN3O2S. The van der Waals surface area contributed by atoms with E-state index in [1.807, 2.05) is 24.3 Å². The Morgan fingerprint density at radius 2 is 1.81 bits per heavy atom. The highest BCUT2D eigenvalue weighted by Gasteiger charge is 2.27. The number of halogens is 1. The van der Waals surface area contributed by atoms with Crippen LogP contribution in [-0.4, -0.2) is 21.4 Å². The van der Waals surface area contributed by atoms with Crippen molar-refractivity contribution in [1.82, 2.24) is 5.32 Å². The van der Waals surface area contributed by atoms with Gasteiger partial charge in [-0.1, -0.05) is 41.9 Å². The van der Waals surface area contributed by atoms with E-state index in [-0.39, 0.29) is 10.9 Å². The van der Waals surface area contributed by atoms with Crippen LogP contribution in [0.1, 0.15) is 0 Å². The van der Waals surface area contributed by atoms with E-state index in [9.17, 15) is 8.42 Å². The quantitative estimate of drug-likeness (QED) is 0.847. The SMILES string of the molecule is CNC1=NS(=O)(=O)c2cccc(-c3ccccc3Cl)c2N1. The molecule has 1 aliphatic rings. The third-order valence-electron chi connectivity index (χ3n) is 3.16. The van der Waals surface area contributed by atoms with Gasteiger partial charge < -0.3 is 10.6 Å². The van der Waals surface area contributed by atoms with Gasteiger partial charge in [0.2, 0.25) is 5.96 Å². The molecule has 0 unspecified atom stereocenters. The van der Waals surface area contributed by atoms with Crippen LogP contribution in [0.25, 0.3) is 11.1 Å². The van der Waals surface area contributed by atoms with Crippen molar-refractivity contribution in [3.05, 3.63) is 47.5 Å². The Hall–Kier alpha value is -2.05. The second kappa shape index (κ2) is 5.05. The fraction of sp³-hybridized carbons (Fsp3) is 0.0714. The Morgan fingerprint density at radius 3 is 2.52 bits per heavy atom. The minimum atomic E-state index is -3.73. The number of sulfonamides is 1. The van der Waals surface area contributed by atoms with Crippen molar-refractivity contribution in [3.63, 3.8) is 0 Å². The van der Waals surface area contributed by atoms with Crippen LogP contribution < -0.4 is 10.6 Å². The van der Waals surface area contributed by atoms with Gasteiger partial charge in [0.25, 0.3) is 10.0 Å². The van der Waals surface area contributed by atoms with E-state index in [1.165, 1.54) is 6.07 Å². The normalized spacial score (nSPS) is 15.6. The lowest BCUT2D eigenvalue weighted by atomic mass is 10.0. The highest BCUT2D eigenvalue weighted by Crippen LogP contribution is 2.38. The summed E-state index contributed by atoms with van der Waals surface area (Å²) in [4.78, 5) is 0.138. The predicted molar refractivity (Wildman–Crippen MR) is 84.2 cm³/mol. The molecule has 0 aromatic heterocycles. The van der Waals surface area contributed by atoms with E-state index < -0.39 is 10.0 Å². The number of benzene rings is 2. The minimum Gasteiger partial charge on any atom is -0.358 e. The first-order chi connectivity index (χ1) is 10.0. The minimum absolute atomic E-state index is 0.138. The Morgan fingerprint density at radius 1 is 1.10 bits per heavy atom. The van der Waals surface area contributed by atoms with Crippen LogP contribution in [0.3, 0.4) is 0 Å². The molecule has 0 bridgehead atoms. The molecular weight excluding hydrogens is 310 g/mol. The number of hydrogen-bond donors (Lipinski definition) is 2. The Balaban J connectivity index is 2.28. The lowest BCUT2D eigenvalue weighted by molar-refractivity contribution is 0.597. The van der Waals surface area contributed by atoms with E-state index >= 15 is 0 Å². The zero-order valence-corrected chi connectivity index (χ0v) is 12.7. The second-order valence-electron chi connectivity index (χ2n) is 4.45. The van der Waals surface area contributed by atoms with Gasteiger partial charge in [-0.2, -0.15) is 8.42 Å². The van der Waals surface area contributed by atoms with Crippen molar-refractivity contribution < 1.29 is 8.42 Å². The number of fused-ring (bicyclic) bond motifs is 1. The van der Waals surface area contributed by atoms with Crippen LogP contribution in [0.15, 0.2) is 51.8 Å². The van der Waals surface area contributed by atoms with Crippen molar-refractivity contribution in [2.75, 3.05) is 12.4 Å². The number of nitrogens with zero attached hydrogens (tertiary/aromatic N) is 1. The van der Waals surface area contributed by atoms with Crippen LogP contribution in [0.2, 0.25) is 5.02 Å². The first-order valence-electron chi connectivity index (χ1n) is 6.20. The molecule has 1 aliphatic heterocycles. The van der Waals surface area contributed by atoms with E-state index in [0.717, 1.165) is 5.56 Å². The van der Waals surface area contributed by atoms with Gasteiger partial charge in [-0.3, -0.25) is 0 Å². The lowest BCUT2D eigenvalue weighted by Gasteiger charge is -2.21. The Kier molecular flexibility index (Phi) is 3.35. The average molecular weight is 322 g/mol. The maximum Gasteiger partial charge on any atom is 0.287 e. The van der Waals surface area contributed by atoms with E-state index in [0.29, 0.717) is 16.3 Å². The summed E-state index contributed by atoms with van der Waals surface area (Å²) in [7, 11) is -2.13. The molecule has 108 valence electrons. The van der Waals surface area contributed by atoms with Gasteiger partial charge in [0.1, 0.15) is 4.90 Å².